The molecule has 1 atom stereocenters. The molecule has 0 heterocycles. The molecular weight excluding hydrogens is 337 g/mol. The highest BCUT2D eigenvalue weighted by molar-refractivity contribution is 6.31. The Morgan fingerprint density at radius 2 is 1.92 bits per heavy atom. The van der Waals surface area contributed by atoms with Crippen molar-refractivity contribution in [2.24, 2.45) is 0 Å². The number of amides is 1. The maximum absolute atomic E-state index is 13.1. The lowest BCUT2D eigenvalue weighted by Crippen LogP contribution is -2.30. The maximum atomic E-state index is 13.1. The summed E-state index contributed by atoms with van der Waals surface area (Å²) < 4.78 is 18.1. The van der Waals surface area contributed by atoms with Gasteiger partial charge in [-0.3, -0.25) is 9.59 Å². The van der Waals surface area contributed by atoms with E-state index in [1.54, 1.807) is 12.1 Å². The third-order valence-corrected chi connectivity index (χ3v) is 3.44. The lowest BCUT2D eigenvalue weighted by molar-refractivity contribution is -0.152. The molecule has 2 aromatic rings. The molecule has 2 rings (SSSR count). The number of hydrogen-bond donors (Lipinski definition) is 2. The van der Waals surface area contributed by atoms with Crippen molar-refractivity contribution in [3.63, 3.8) is 0 Å². The van der Waals surface area contributed by atoms with E-state index in [0.717, 1.165) is 6.07 Å². The molecule has 1 amide bonds. The zero-order chi connectivity index (χ0) is 17.7. The van der Waals surface area contributed by atoms with Crippen LogP contribution in [0.25, 0.3) is 0 Å². The van der Waals surface area contributed by atoms with Crippen molar-refractivity contribution in [2.45, 2.75) is 19.4 Å². The molecule has 24 heavy (non-hydrogen) atoms. The second-order valence-corrected chi connectivity index (χ2v) is 5.50. The quantitative estimate of drug-likeness (QED) is 0.810. The Balaban J connectivity index is 1.89. The highest BCUT2D eigenvalue weighted by Gasteiger charge is 2.18. The van der Waals surface area contributed by atoms with E-state index in [1.165, 1.54) is 31.2 Å². The van der Waals surface area contributed by atoms with Crippen LogP contribution in [0.15, 0.2) is 42.5 Å². The fraction of sp³-hybridized carbons (Fsp3) is 0.176. The second-order valence-electron chi connectivity index (χ2n) is 5.09. The van der Waals surface area contributed by atoms with Crippen LogP contribution in [0.2, 0.25) is 5.02 Å². The number of nitrogens with one attached hydrogen (secondary N) is 1. The summed E-state index contributed by atoms with van der Waals surface area (Å²) in [4.78, 5) is 23.8. The number of phenols is 1. The van der Waals surface area contributed by atoms with Crippen molar-refractivity contribution < 1.29 is 23.8 Å². The molecule has 0 aliphatic rings. The molecule has 2 N–H and O–H groups in total. The average Bonchev–Trinajstić information content (AvgIpc) is 2.53. The number of ether oxygens (including phenoxy) is 1. The molecule has 0 unspecified atom stereocenters. The zero-order valence-corrected chi connectivity index (χ0v) is 13.5. The average molecular weight is 352 g/mol. The highest BCUT2D eigenvalue weighted by atomic mass is 35.5. The SMILES string of the molecule is C[C@H](OC(=O)Cc1ccc(O)cc1)C(=O)Nc1ccc(F)c(Cl)c1. The van der Waals surface area contributed by atoms with E-state index in [4.69, 9.17) is 16.3 Å². The summed E-state index contributed by atoms with van der Waals surface area (Å²) in [6.45, 7) is 1.43. The molecule has 0 radical (unpaired) electrons. The van der Waals surface area contributed by atoms with E-state index in [-0.39, 0.29) is 17.2 Å². The number of carbonyl (C=O) groups is 2. The number of benzene rings is 2. The van der Waals surface area contributed by atoms with Gasteiger partial charge < -0.3 is 15.2 Å². The number of esters is 1. The minimum atomic E-state index is -1.03. The van der Waals surface area contributed by atoms with Crippen LogP contribution in [-0.4, -0.2) is 23.1 Å². The van der Waals surface area contributed by atoms with Gasteiger partial charge in [-0.05, 0) is 42.8 Å². The summed E-state index contributed by atoms with van der Waals surface area (Å²) >= 11 is 5.63. The van der Waals surface area contributed by atoms with Crippen LogP contribution in [0.5, 0.6) is 5.75 Å². The molecule has 5 nitrogen and oxygen atoms in total. The summed E-state index contributed by atoms with van der Waals surface area (Å²) in [5, 5.41) is 11.5. The van der Waals surface area contributed by atoms with E-state index in [0.29, 0.717) is 11.3 Å². The maximum Gasteiger partial charge on any atom is 0.311 e. The molecule has 0 spiro atoms. The molecule has 0 aromatic heterocycles. The number of aromatic hydroxyl groups is 1. The first-order chi connectivity index (χ1) is 11.3. The molecule has 0 saturated carbocycles. The lowest BCUT2D eigenvalue weighted by Gasteiger charge is -2.14. The van der Waals surface area contributed by atoms with Gasteiger partial charge in [0.15, 0.2) is 6.10 Å². The van der Waals surface area contributed by atoms with E-state index in [9.17, 15) is 19.1 Å². The number of carbonyl (C=O) groups excluding carboxylic acids is 2. The van der Waals surface area contributed by atoms with Crippen LogP contribution in [0.1, 0.15) is 12.5 Å². The minimum absolute atomic E-state index is 0.0275. The van der Waals surface area contributed by atoms with E-state index in [2.05, 4.69) is 5.32 Å². The molecule has 0 aliphatic heterocycles. The first-order valence-corrected chi connectivity index (χ1v) is 7.46. The van der Waals surface area contributed by atoms with Gasteiger partial charge in [-0.25, -0.2) is 4.39 Å². The number of anilines is 1. The van der Waals surface area contributed by atoms with Crippen LogP contribution in [0.3, 0.4) is 0 Å². The van der Waals surface area contributed by atoms with Gasteiger partial charge in [-0.2, -0.15) is 0 Å². The van der Waals surface area contributed by atoms with Crippen molar-refractivity contribution >= 4 is 29.2 Å². The number of halogens is 2. The molecule has 126 valence electrons. The highest BCUT2D eigenvalue weighted by Crippen LogP contribution is 2.19. The monoisotopic (exact) mass is 351 g/mol. The predicted octanol–water partition coefficient (Wildman–Crippen LogP) is 3.30. The van der Waals surface area contributed by atoms with Crippen molar-refractivity contribution in [3.8, 4) is 5.75 Å². The van der Waals surface area contributed by atoms with Gasteiger partial charge in [0.1, 0.15) is 11.6 Å². The van der Waals surface area contributed by atoms with E-state index in [1.807, 2.05) is 0 Å². The van der Waals surface area contributed by atoms with Gasteiger partial charge in [0.2, 0.25) is 0 Å². The number of hydrogen-bond acceptors (Lipinski definition) is 4. The van der Waals surface area contributed by atoms with E-state index < -0.39 is 23.8 Å². The fourth-order valence-electron chi connectivity index (χ4n) is 1.89. The predicted molar refractivity (Wildman–Crippen MR) is 87.4 cm³/mol. The smallest absolute Gasteiger partial charge is 0.311 e. The number of phenolic OH excluding ortho intramolecular Hbond substituents is 1. The third kappa shape index (κ3) is 4.96. The molecule has 2 aromatic carbocycles. The Morgan fingerprint density at radius 1 is 1.25 bits per heavy atom. The summed E-state index contributed by atoms with van der Waals surface area (Å²) in [6, 6.07) is 9.82. The minimum Gasteiger partial charge on any atom is -0.508 e. The topological polar surface area (TPSA) is 75.6 Å². The molecule has 0 saturated heterocycles. The van der Waals surface area contributed by atoms with Gasteiger partial charge in [0.25, 0.3) is 5.91 Å². The normalized spacial score (nSPS) is 11.6. The summed E-state index contributed by atoms with van der Waals surface area (Å²) in [6.07, 6.45) is -1.06. The fourth-order valence-corrected chi connectivity index (χ4v) is 2.07. The van der Waals surface area contributed by atoms with Crippen molar-refractivity contribution in [1.82, 2.24) is 0 Å². The summed E-state index contributed by atoms with van der Waals surface area (Å²) in [5.74, 6) is -1.64. The van der Waals surface area contributed by atoms with Gasteiger partial charge in [-0.1, -0.05) is 23.7 Å². The standard InChI is InChI=1S/C17H15ClFNO4/c1-10(17(23)20-12-4-7-15(19)14(18)9-12)24-16(22)8-11-2-5-13(21)6-3-11/h2-7,9-10,21H,8H2,1H3,(H,20,23)/t10-/m0/s1. The van der Waals surface area contributed by atoms with Gasteiger partial charge in [0.05, 0.1) is 11.4 Å². The number of rotatable bonds is 5. The molecule has 7 heteroatoms. The zero-order valence-electron chi connectivity index (χ0n) is 12.8. The molecular formula is C17H15ClFNO4. The van der Waals surface area contributed by atoms with Crippen molar-refractivity contribution in [3.05, 3.63) is 58.9 Å². The largest absolute Gasteiger partial charge is 0.508 e. The summed E-state index contributed by atoms with van der Waals surface area (Å²) in [5.41, 5.74) is 0.948. The Kier molecular flexibility index (Phi) is 5.76. The Hall–Kier alpha value is -2.60. The van der Waals surface area contributed by atoms with Crippen LogP contribution < -0.4 is 5.32 Å². The lowest BCUT2D eigenvalue weighted by atomic mass is 10.1. The van der Waals surface area contributed by atoms with Crippen LogP contribution in [0.4, 0.5) is 10.1 Å². The van der Waals surface area contributed by atoms with Crippen LogP contribution >= 0.6 is 11.6 Å². The van der Waals surface area contributed by atoms with E-state index >= 15 is 0 Å². The van der Waals surface area contributed by atoms with Gasteiger partial charge >= 0.3 is 5.97 Å². The van der Waals surface area contributed by atoms with Gasteiger partial charge in [-0.15, -0.1) is 0 Å². The van der Waals surface area contributed by atoms with Crippen LogP contribution in [0, 0.1) is 5.82 Å². The van der Waals surface area contributed by atoms with Crippen LogP contribution in [-0.2, 0) is 20.7 Å². The Bertz CT molecular complexity index is 749. The molecule has 0 fully saturated rings. The van der Waals surface area contributed by atoms with Gasteiger partial charge in [0, 0.05) is 5.69 Å². The first-order valence-electron chi connectivity index (χ1n) is 7.08. The first kappa shape index (κ1) is 17.7. The third-order valence-electron chi connectivity index (χ3n) is 3.15. The summed E-state index contributed by atoms with van der Waals surface area (Å²) in [7, 11) is 0. The Labute approximate surface area is 143 Å². The Morgan fingerprint density at radius 3 is 2.54 bits per heavy atom. The second kappa shape index (κ2) is 7.79. The van der Waals surface area contributed by atoms with Crippen molar-refractivity contribution in [1.29, 1.82) is 0 Å². The molecule has 0 aliphatic carbocycles. The molecule has 0 bridgehead atoms. The van der Waals surface area contributed by atoms with Crippen molar-refractivity contribution in [2.75, 3.05) is 5.32 Å².